The summed E-state index contributed by atoms with van der Waals surface area (Å²) in [5.74, 6) is -2.70. The number of likely N-dealkylation sites (tertiary alicyclic amines) is 1. The number of nitrogens with zero attached hydrogens (tertiary/aromatic N) is 1. The van der Waals surface area contributed by atoms with Crippen molar-refractivity contribution in [1.29, 1.82) is 0 Å². The molecular weight excluding hydrogens is 793 g/mol. The molecule has 2 heterocycles. The number of hydrogen-bond donors (Lipinski definition) is 4. The third-order valence-electron chi connectivity index (χ3n) is 10.1. The Morgan fingerprint density at radius 3 is 2.42 bits per heavy atom. The Morgan fingerprint density at radius 1 is 1.12 bits per heavy atom. The van der Waals surface area contributed by atoms with Crippen molar-refractivity contribution in [3.63, 3.8) is 0 Å². The summed E-state index contributed by atoms with van der Waals surface area (Å²) < 4.78 is 29.1. The highest BCUT2D eigenvalue weighted by atomic mass is 127. The lowest BCUT2D eigenvalue weighted by Crippen LogP contribution is -2.60. The molecule has 3 aliphatic carbocycles. The Morgan fingerprint density at radius 2 is 1.82 bits per heavy atom. The van der Waals surface area contributed by atoms with E-state index in [0.29, 0.717) is 34.5 Å². The van der Waals surface area contributed by atoms with E-state index in [0.717, 1.165) is 28.5 Å². The number of carbonyl (C=O) groups excluding carboxylic acids is 5. The molecule has 15 heteroatoms. The van der Waals surface area contributed by atoms with Gasteiger partial charge in [-0.3, -0.25) is 28.7 Å². The molecule has 270 valence electrons. The molecule has 0 radical (unpaired) electrons. The SMILES string of the molecule is C=CC1CC1(NC(=O)[C@@H]1C[C@@H](NC(=O)c2sc3ccccc3c2CI)CN1C(=O)[C@@H](NC(=O)CC1CC1)C(C)(C)C)C(=O)NS(=O)(=O)C1CC1. The van der Waals surface area contributed by atoms with Crippen LogP contribution in [0.3, 0.4) is 0 Å². The number of benzene rings is 1. The van der Waals surface area contributed by atoms with E-state index in [1.165, 1.54) is 22.3 Å². The zero-order valence-electron chi connectivity index (χ0n) is 28.4. The molecule has 4 fully saturated rings. The van der Waals surface area contributed by atoms with Crippen LogP contribution in [0, 0.1) is 17.3 Å². The first-order valence-electron chi connectivity index (χ1n) is 17.1. The van der Waals surface area contributed by atoms with Crippen LogP contribution in [0.15, 0.2) is 36.9 Å². The van der Waals surface area contributed by atoms with Gasteiger partial charge in [-0.1, -0.05) is 67.6 Å². The summed E-state index contributed by atoms with van der Waals surface area (Å²) in [6.45, 7) is 9.27. The molecule has 6 rings (SSSR count). The Balaban J connectivity index is 1.26. The number of amides is 5. The van der Waals surface area contributed by atoms with Gasteiger partial charge >= 0.3 is 0 Å². The van der Waals surface area contributed by atoms with Gasteiger partial charge < -0.3 is 20.9 Å². The number of sulfonamides is 1. The minimum atomic E-state index is -3.88. The molecule has 4 aliphatic rings. The van der Waals surface area contributed by atoms with Gasteiger partial charge in [-0.05, 0) is 66.9 Å². The number of carbonyl (C=O) groups is 5. The summed E-state index contributed by atoms with van der Waals surface area (Å²) in [7, 11) is -3.88. The van der Waals surface area contributed by atoms with E-state index >= 15 is 0 Å². The number of alkyl halides is 1. The van der Waals surface area contributed by atoms with Gasteiger partial charge in [0.05, 0.1) is 10.1 Å². The van der Waals surface area contributed by atoms with E-state index in [-0.39, 0.29) is 31.2 Å². The highest BCUT2D eigenvalue weighted by Crippen LogP contribution is 2.45. The van der Waals surface area contributed by atoms with Gasteiger partial charge in [-0.2, -0.15) is 0 Å². The molecule has 1 aromatic heterocycles. The topological polar surface area (TPSA) is 171 Å². The molecule has 5 amide bonds. The third-order valence-corrected chi connectivity index (χ3v) is 13.9. The summed E-state index contributed by atoms with van der Waals surface area (Å²) in [4.78, 5) is 70.7. The molecule has 0 bridgehead atoms. The van der Waals surface area contributed by atoms with Gasteiger partial charge in [0, 0.05) is 34.1 Å². The Labute approximate surface area is 310 Å². The number of thiophene rings is 1. The van der Waals surface area contributed by atoms with Crippen molar-refractivity contribution in [3.8, 4) is 0 Å². The second-order valence-electron chi connectivity index (χ2n) is 15.1. The smallest absolute Gasteiger partial charge is 0.261 e. The van der Waals surface area contributed by atoms with Crippen LogP contribution in [0.25, 0.3) is 10.1 Å². The number of rotatable bonds is 13. The molecule has 3 saturated carbocycles. The van der Waals surface area contributed by atoms with E-state index in [2.05, 4.69) is 49.8 Å². The predicted octanol–water partition coefficient (Wildman–Crippen LogP) is 3.54. The minimum absolute atomic E-state index is 0.00165. The Bertz CT molecular complexity index is 1850. The monoisotopic (exact) mass is 837 g/mol. The molecule has 2 aromatic rings. The van der Waals surface area contributed by atoms with Crippen molar-refractivity contribution in [2.45, 2.75) is 99.1 Å². The fourth-order valence-corrected chi connectivity index (χ4v) is 10.3. The average molecular weight is 838 g/mol. The molecular formula is C35H44IN5O7S2. The molecule has 1 aromatic carbocycles. The van der Waals surface area contributed by atoms with Crippen LogP contribution in [0.4, 0.5) is 0 Å². The summed E-state index contributed by atoms with van der Waals surface area (Å²) >= 11 is 3.62. The second kappa shape index (κ2) is 13.8. The first kappa shape index (κ1) is 36.7. The van der Waals surface area contributed by atoms with Gasteiger partial charge in [-0.25, -0.2) is 8.42 Å². The third kappa shape index (κ3) is 7.59. The van der Waals surface area contributed by atoms with E-state index in [1.54, 1.807) is 0 Å². The second-order valence-corrected chi connectivity index (χ2v) is 18.9. The minimum Gasteiger partial charge on any atom is -0.347 e. The molecule has 50 heavy (non-hydrogen) atoms. The lowest BCUT2D eigenvalue weighted by Gasteiger charge is -2.35. The van der Waals surface area contributed by atoms with Crippen molar-refractivity contribution in [3.05, 3.63) is 47.4 Å². The molecule has 1 aliphatic heterocycles. The van der Waals surface area contributed by atoms with Crippen LogP contribution < -0.4 is 20.7 Å². The summed E-state index contributed by atoms with van der Waals surface area (Å²) in [6.07, 6.45) is 4.91. The van der Waals surface area contributed by atoms with Gasteiger partial charge in [0.25, 0.3) is 11.8 Å². The first-order chi connectivity index (χ1) is 23.6. The summed E-state index contributed by atoms with van der Waals surface area (Å²) in [5, 5.41) is 9.14. The van der Waals surface area contributed by atoms with Crippen LogP contribution in [0.2, 0.25) is 0 Å². The quantitative estimate of drug-likeness (QED) is 0.136. The van der Waals surface area contributed by atoms with E-state index < -0.39 is 68.0 Å². The normalized spacial score (nSPS) is 25.4. The molecule has 5 atom stereocenters. The summed E-state index contributed by atoms with van der Waals surface area (Å²) in [6, 6.07) is 5.09. The fraction of sp³-hybridized carbons (Fsp3) is 0.571. The molecule has 4 N–H and O–H groups in total. The Kier molecular flexibility index (Phi) is 10.2. The average Bonchev–Trinajstić information content (AvgIpc) is 3.99. The molecule has 12 nitrogen and oxygen atoms in total. The lowest BCUT2D eigenvalue weighted by molar-refractivity contribution is -0.144. The maximum atomic E-state index is 14.4. The zero-order chi connectivity index (χ0) is 36.2. The zero-order valence-corrected chi connectivity index (χ0v) is 32.2. The maximum absolute atomic E-state index is 14.4. The van der Waals surface area contributed by atoms with E-state index in [1.807, 2.05) is 45.0 Å². The van der Waals surface area contributed by atoms with Crippen molar-refractivity contribution < 1.29 is 32.4 Å². The van der Waals surface area contributed by atoms with Gasteiger partial charge in [0.1, 0.15) is 17.6 Å². The number of halogens is 1. The molecule has 0 spiro atoms. The largest absolute Gasteiger partial charge is 0.347 e. The van der Waals surface area contributed by atoms with Gasteiger partial charge in [0.15, 0.2) is 0 Å². The first-order valence-corrected chi connectivity index (χ1v) is 20.9. The Hall–Kier alpha value is -3.05. The van der Waals surface area contributed by atoms with E-state index in [4.69, 9.17) is 0 Å². The van der Waals surface area contributed by atoms with Crippen LogP contribution >= 0.6 is 33.9 Å². The van der Waals surface area contributed by atoms with Crippen molar-refractivity contribution in [2.75, 3.05) is 6.54 Å². The van der Waals surface area contributed by atoms with Gasteiger partial charge in [-0.15, -0.1) is 17.9 Å². The van der Waals surface area contributed by atoms with E-state index in [9.17, 15) is 32.4 Å². The maximum Gasteiger partial charge on any atom is 0.261 e. The van der Waals surface area contributed by atoms with Crippen molar-refractivity contribution in [2.24, 2.45) is 17.3 Å². The van der Waals surface area contributed by atoms with Crippen LogP contribution in [-0.4, -0.2) is 78.3 Å². The van der Waals surface area contributed by atoms with Crippen molar-refractivity contribution in [1.82, 2.24) is 25.6 Å². The number of nitrogens with one attached hydrogen (secondary N) is 4. The molecule has 1 saturated heterocycles. The van der Waals surface area contributed by atoms with Crippen molar-refractivity contribution >= 4 is 83.6 Å². The number of hydrogen-bond acceptors (Lipinski definition) is 8. The predicted molar refractivity (Wildman–Crippen MR) is 199 cm³/mol. The van der Waals surface area contributed by atoms with Crippen LogP contribution in [0.5, 0.6) is 0 Å². The lowest BCUT2D eigenvalue weighted by atomic mass is 9.85. The highest BCUT2D eigenvalue weighted by Gasteiger charge is 2.62. The van der Waals surface area contributed by atoms with Crippen LogP contribution in [-0.2, 0) is 33.6 Å². The summed E-state index contributed by atoms with van der Waals surface area (Å²) in [5.41, 5.74) is -1.34. The highest BCUT2D eigenvalue weighted by molar-refractivity contribution is 14.1. The standard InChI is InChI=1S/C35H44IN5O7S2/c1-5-20-16-35(20,33(46)40-50(47,48)22-12-13-22)39-30(43)25-15-21(37-31(44)28-24(17-36)23-8-6-7-9-26(23)49-28)18-41(25)32(45)29(34(2,3)4)38-27(42)14-19-10-11-19/h5-9,19-22,25,29H,1,10-18H2,2-4H3,(H,37,44)(H,38,42)(H,39,43)(H,40,46)/t20?,21-,25+,29-,35?/m1/s1. The van der Waals surface area contributed by atoms with Gasteiger partial charge in [0.2, 0.25) is 27.7 Å². The number of fused-ring (bicyclic) bond motifs is 1. The van der Waals surface area contributed by atoms with Crippen LogP contribution in [0.1, 0.15) is 81.0 Å². The fourth-order valence-electron chi connectivity index (χ4n) is 6.74. The molecule has 2 unspecified atom stereocenters.